The average Bonchev–Trinajstić information content (AvgIpc) is 3.14. The van der Waals surface area contributed by atoms with E-state index in [1.165, 1.54) is 5.57 Å². The van der Waals surface area contributed by atoms with Gasteiger partial charge in [-0.25, -0.2) is 0 Å². The number of ether oxygens (including phenoxy) is 2. The molecule has 0 radical (unpaired) electrons. The van der Waals surface area contributed by atoms with Crippen LogP contribution in [0.3, 0.4) is 0 Å². The summed E-state index contributed by atoms with van der Waals surface area (Å²) in [6.07, 6.45) is 4.16. The highest BCUT2D eigenvalue weighted by molar-refractivity contribution is 6.74. The molecular formula is C26H42O4Si. The Hall–Kier alpha value is -0.753. The van der Waals surface area contributed by atoms with E-state index in [0.717, 1.165) is 5.57 Å². The van der Waals surface area contributed by atoms with Crippen LogP contribution in [-0.2, 0) is 18.7 Å². The molecule has 4 nitrogen and oxygen atoms in total. The van der Waals surface area contributed by atoms with Crippen molar-refractivity contribution in [3.05, 3.63) is 23.3 Å². The number of Topliss-reactive ketones (excluding diaryl/α,β-unsaturated/α-hetero) is 1. The summed E-state index contributed by atoms with van der Waals surface area (Å²) in [7, 11) is -1.95. The second kappa shape index (κ2) is 6.43. The molecule has 0 aromatic carbocycles. The molecule has 2 saturated heterocycles. The molecule has 0 aromatic rings. The number of hydrogen-bond acceptors (Lipinski definition) is 4. The van der Waals surface area contributed by atoms with Crippen LogP contribution in [0.1, 0.15) is 62.3 Å². The Labute approximate surface area is 189 Å². The molecule has 2 heterocycles. The first-order valence-corrected chi connectivity index (χ1v) is 14.7. The molecule has 3 fully saturated rings. The predicted octanol–water partition coefficient (Wildman–Crippen LogP) is 5.69. The quantitative estimate of drug-likeness (QED) is 0.411. The lowest BCUT2D eigenvalue weighted by atomic mass is 9.51. The van der Waals surface area contributed by atoms with Gasteiger partial charge in [0.1, 0.15) is 5.60 Å². The van der Waals surface area contributed by atoms with Crippen LogP contribution in [0.15, 0.2) is 23.3 Å². The molecule has 4 rings (SSSR count). The fourth-order valence-electron chi connectivity index (χ4n) is 7.31. The predicted molar refractivity (Wildman–Crippen MR) is 126 cm³/mol. The molecule has 2 unspecified atom stereocenters. The molecule has 2 aliphatic heterocycles. The smallest absolute Gasteiger partial charge is 0.192 e. The first-order chi connectivity index (χ1) is 14.0. The maximum Gasteiger partial charge on any atom is 0.192 e. The van der Waals surface area contributed by atoms with E-state index in [1.807, 2.05) is 13.8 Å². The van der Waals surface area contributed by atoms with Crippen molar-refractivity contribution in [2.75, 3.05) is 13.2 Å². The number of allylic oxidation sites excluding steroid dienone is 1. The van der Waals surface area contributed by atoms with Crippen LogP contribution in [0.5, 0.6) is 0 Å². The number of ketones is 1. The Morgan fingerprint density at radius 3 is 2.45 bits per heavy atom. The highest BCUT2D eigenvalue weighted by atomic mass is 28.4. The summed E-state index contributed by atoms with van der Waals surface area (Å²) in [6, 6.07) is 0. The van der Waals surface area contributed by atoms with Gasteiger partial charge < -0.3 is 13.9 Å². The topological polar surface area (TPSA) is 44.8 Å². The van der Waals surface area contributed by atoms with Crippen LogP contribution in [0.4, 0.5) is 0 Å². The van der Waals surface area contributed by atoms with Crippen molar-refractivity contribution < 1.29 is 18.7 Å². The van der Waals surface area contributed by atoms with Crippen LogP contribution in [0, 0.1) is 22.2 Å². The third-order valence-corrected chi connectivity index (χ3v) is 14.5. The van der Waals surface area contributed by atoms with Crippen molar-refractivity contribution in [1.82, 2.24) is 0 Å². The third kappa shape index (κ3) is 2.55. The molecule has 7 atom stereocenters. The van der Waals surface area contributed by atoms with Crippen molar-refractivity contribution in [2.45, 2.75) is 98.3 Å². The second-order valence-electron chi connectivity index (χ2n) is 12.7. The molecule has 2 aliphatic carbocycles. The molecule has 0 N–H and O–H groups in total. The van der Waals surface area contributed by atoms with E-state index in [4.69, 9.17) is 13.9 Å². The summed E-state index contributed by atoms with van der Waals surface area (Å²) in [4.78, 5) is 14.2. The summed E-state index contributed by atoms with van der Waals surface area (Å²) < 4.78 is 20.0. The van der Waals surface area contributed by atoms with E-state index in [9.17, 15) is 4.79 Å². The monoisotopic (exact) mass is 446 g/mol. The normalized spacial score (nSPS) is 47.1. The van der Waals surface area contributed by atoms with Gasteiger partial charge >= 0.3 is 0 Å². The lowest BCUT2D eigenvalue weighted by molar-refractivity contribution is -0.145. The highest BCUT2D eigenvalue weighted by Gasteiger charge is 2.84. The van der Waals surface area contributed by atoms with Crippen LogP contribution in [-0.4, -0.2) is 45.1 Å². The van der Waals surface area contributed by atoms with Crippen molar-refractivity contribution >= 4 is 14.1 Å². The molecule has 4 aliphatic rings. The van der Waals surface area contributed by atoms with Gasteiger partial charge in [0.2, 0.25) is 0 Å². The lowest BCUT2D eigenvalue weighted by Crippen LogP contribution is -2.55. The van der Waals surface area contributed by atoms with Gasteiger partial charge in [-0.1, -0.05) is 39.8 Å². The molecule has 1 saturated carbocycles. The van der Waals surface area contributed by atoms with Gasteiger partial charge in [-0.15, -0.1) is 0 Å². The Balaban J connectivity index is 1.85. The molecule has 0 bridgehead atoms. The maximum atomic E-state index is 14.2. The highest BCUT2D eigenvalue weighted by Crippen LogP contribution is 2.76. The minimum Gasteiger partial charge on any atom is -0.416 e. The summed E-state index contributed by atoms with van der Waals surface area (Å²) in [5, 5.41) is 0.136. The first-order valence-electron chi connectivity index (χ1n) is 11.8. The van der Waals surface area contributed by atoms with Gasteiger partial charge in [-0.05, 0) is 63.9 Å². The van der Waals surface area contributed by atoms with Gasteiger partial charge in [-0.2, -0.15) is 0 Å². The van der Waals surface area contributed by atoms with E-state index in [1.54, 1.807) is 0 Å². The zero-order chi connectivity index (χ0) is 23.4. The van der Waals surface area contributed by atoms with Gasteiger partial charge in [0.05, 0.1) is 24.2 Å². The SMILES string of the molecule is C/C=C(\C)[C@@H]1OC2C(C)=C[C@@]3(CO[Si](C)(C)C(C)(C)C)COC4(C)C(=O)[C@]1(C)[C@]2(C)[C@H]43. The zero-order valence-electron chi connectivity index (χ0n) is 21.4. The summed E-state index contributed by atoms with van der Waals surface area (Å²) in [5.41, 5.74) is 0.302. The van der Waals surface area contributed by atoms with Crippen molar-refractivity contribution in [2.24, 2.45) is 22.2 Å². The van der Waals surface area contributed by atoms with E-state index in [2.05, 4.69) is 73.7 Å². The molecule has 5 heteroatoms. The fourth-order valence-corrected chi connectivity index (χ4v) is 8.37. The van der Waals surface area contributed by atoms with Gasteiger partial charge in [0, 0.05) is 23.4 Å². The van der Waals surface area contributed by atoms with Crippen LogP contribution < -0.4 is 0 Å². The largest absolute Gasteiger partial charge is 0.416 e. The Bertz CT molecular complexity index is 882. The van der Waals surface area contributed by atoms with Gasteiger partial charge in [0.25, 0.3) is 0 Å². The fraction of sp³-hybridized carbons (Fsp3) is 0.808. The summed E-state index contributed by atoms with van der Waals surface area (Å²) in [6.45, 7) is 25.3. The zero-order valence-corrected chi connectivity index (χ0v) is 22.4. The number of carbonyl (C=O) groups excluding carboxylic acids is 1. The third-order valence-electron chi connectivity index (χ3n) is 10.1. The molecule has 31 heavy (non-hydrogen) atoms. The van der Waals surface area contributed by atoms with E-state index in [-0.39, 0.29) is 39.8 Å². The Morgan fingerprint density at radius 1 is 1.29 bits per heavy atom. The van der Waals surface area contributed by atoms with Crippen LogP contribution in [0.25, 0.3) is 0 Å². The molecule has 0 aromatic heterocycles. The van der Waals surface area contributed by atoms with Crippen LogP contribution in [0.2, 0.25) is 18.1 Å². The van der Waals surface area contributed by atoms with Crippen molar-refractivity contribution in [1.29, 1.82) is 0 Å². The van der Waals surface area contributed by atoms with Crippen molar-refractivity contribution in [3.8, 4) is 0 Å². The second-order valence-corrected chi connectivity index (χ2v) is 17.6. The molecule has 0 amide bonds. The molecule has 174 valence electrons. The lowest BCUT2D eigenvalue weighted by Gasteiger charge is -2.51. The minimum absolute atomic E-state index is 0.0399. The molecular weight excluding hydrogens is 404 g/mol. The van der Waals surface area contributed by atoms with E-state index >= 15 is 0 Å². The van der Waals surface area contributed by atoms with Crippen LogP contribution >= 0.6 is 0 Å². The average molecular weight is 447 g/mol. The number of hydrogen-bond donors (Lipinski definition) is 0. The summed E-state index contributed by atoms with van der Waals surface area (Å²) >= 11 is 0. The standard InChI is InChI=1S/C26H42O4Si/c1-12-16(2)18-24(8)21(27)25(9)20-23(24,7)19(30-18)17(3)13-26(20,14-28-25)15-29-31(10,11)22(4,5)6/h12-13,18-20H,14-15H2,1-11H3/b16-12+/t18-,19?,20+,23-,24+,25?,26-/m0/s1. The molecule has 0 spiro atoms. The van der Waals surface area contributed by atoms with E-state index in [0.29, 0.717) is 13.2 Å². The van der Waals surface area contributed by atoms with Gasteiger partial charge in [0.15, 0.2) is 14.1 Å². The Kier molecular flexibility index (Phi) is 4.85. The van der Waals surface area contributed by atoms with Crippen molar-refractivity contribution in [3.63, 3.8) is 0 Å². The van der Waals surface area contributed by atoms with E-state index < -0.39 is 19.3 Å². The number of carbonyl (C=O) groups is 1. The summed E-state index contributed by atoms with van der Waals surface area (Å²) in [5.74, 6) is 0.247. The number of rotatable bonds is 4. The first kappa shape index (κ1) is 23.4. The maximum absolute atomic E-state index is 14.2. The minimum atomic E-state index is -1.95. The Morgan fingerprint density at radius 2 is 1.90 bits per heavy atom. The van der Waals surface area contributed by atoms with Gasteiger partial charge in [-0.3, -0.25) is 4.79 Å².